The Labute approximate surface area is 202 Å². The molecule has 5 rings (SSSR count). The number of rotatable bonds is 9. The molecule has 10 heteroatoms. The van der Waals surface area contributed by atoms with Crippen molar-refractivity contribution in [2.45, 2.75) is 44.1 Å². The van der Waals surface area contributed by atoms with Gasteiger partial charge >= 0.3 is 0 Å². The fourth-order valence-electron chi connectivity index (χ4n) is 4.01. The number of aromatic nitrogens is 5. The lowest BCUT2D eigenvalue weighted by Crippen LogP contribution is -2.35. The molecule has 0 bridgehead atoms. The average Bonchev–Trinajstić information content (AvgIpc) is 3.61. The number of nitrogens with zero attached hydrogens (tertiary/aromatic N) is 6. The van der Waals surface area contributed by atoms with Crippen molar-refractivity contribution in [3.05, 3.63) is 54.3 Å². The summed E-state index contributed by atoms with van der Waals surface area (Å²) in [5.74, 6) is 4.74. The summed E-state index contributed by atoms with van der Waals surface area (Å²) in [6.07, 6.45) is 4.00. The first kappa shape index (κ1) is 22.5. The topological polar surface area (TPSA) is 95.2 Å². The van der Waals surface area contributed by atoms with Gasteiger partial charge < -0.3 is 18.6 Å². The van der Waals surface area contributed by atoms with Crippen LogP contribution < -0.4 is 9.64 Å². The number of anilines is 1. The van der Waals surface area contributed by atoms with Crippen LogP contribution in [0, 0.1) is 5.92 Å². The molecule has 1 fully saturated rings. The highest BCUT2D eigenvalue weighted by atomic mass is 32.2. The second-order valence-electron chi connectivity index (χ2n) is 8.35. The summed E-state index contributed by atoms with van der Waals surface area (Å²) in [5, 5.41) is 14.0. The van der Waals surface area contributed by atoms with E-state index in [2.05, 4.69) is 36.7 Å². The lowest BCUT2D eigenvalue weighted by Gasteiger charge is -2.31. The summed E-state index contributed by atoms with van der Waals surface area (Å²) in [5.41, 5.74) is 0.812. The lowest BCUT2D eigenvalue weighted by molar-refractivity contribution is 0.341. The Bertz CT molecular complexity index is 1200. The van der Waals surface area contributed by atoms with E-state index in [4.69, 9.17) is 13.7 Å². The summed E-state index contributed by atoms with van der Waals surface area (Å²) in [7, 11) is 0. The zero-order chi connectivity index (χ0) is 23.3. The first-order chi connectivity index (χ1) is 16.7. The highest BCUT2D eigenvalue weighted by Crippen LogP contribution is 2.31. The minimum atomic E-state index is 0.483. The van der Waals surface area contributed by atoms with Crippen LogP contribution in [0.15, 0.2) is 56.8 Å². The van der Waals surface area contributed by atoms with Crippen LogP contribution in [0.1, 0.15) is 38.3 Å². The molecular weight excluding hydrogens is 452 g/mol. The molecule has 0 radical (unpaired) electrons. The lowest BCUT2D eigenvalue weighted by atomic mass is 10.00. The van der Waals surface area contributed by atoms with E-state index in [9.17, 15) is 0 Å². The van der Waals surface area contributed by atoms with Crippen molar-refractivity contribution in [1.82, 2.24) is 24.9 Å². The number of furan rings is 1. The van der Waals surface area contributed by atoms with Crippen molar-refractivity contribution in [3.8, 4) is 17.1 Å². The van der Waals surface area contributed by atoms with Crippen LogP contribution in [-0.2, 0) is 12.3 Å². The number of hydrogen-bond donors (Lipinski definition) is 0. The Hall–Kier alpha value is -3.27. The van der Waals surface area contributed by atoms with Gasteiger partial charge in [0.05, 0.1) is 30.7 Å². The molecule has 0 aliphatic carbocycles. The highest BCUT2D eigenvalue weighted by Gasteiger charge is 2.24. The SMILES string of the molecule is CCOc1ccccc1-c1noc(CSc2nnc(N3CCC(C)CC3)n2Cc2ccco2)n1. The van der Waals surface area contributed by atoms with Crippen molar-refractivity contribution in [3.63, 3.8) is 0 Å². The maximum Gasteiger partial charge on any atom is 0.237 e. The first-order valence-electron chi connectivity index (χ1n) is 11.6. The maximum absolute atomic E-state index is 5.70. The Morgan fingerprint density at radius 1 is 1.12 bits per heavy atom. The average molecular weight is 481 g/mol. The summed E-state index contributed by atoms with van der Waals surface area (Å²) >= 11 is 1.52. The van der Waals surface area contributed by atoms with Crippen molar-refractivity contribution < 1.29 is 13.7 Å². The summed E-state index contributed by atoms with van der Waals surface area (Å²) in [6, 6.07) is 11.6. The summed E-state index contributed by atoms with van der Waals surface area (Å²) in [6.45, 7) is 7.36. The van der Waals surface area contributed by atoms with E-state index in [1.54, 1.807) is 6.26 Å². The van der Waals surface area contributed by atoms with Crippen LogP contribution in [0.3, 0.4) is 0 Å². The maximum atomic E-state index is 5.70. The molecule has 0 N–H and O–H groups in total. The van der Waals surface area contributed by atoms with E-state index in [1.807, 2.05) is 43.3 Å². The smallest absolute Gasteiger partial charge is 0.237 e. The van der Waals surface area contributed by atoms with E-state index in [1.165, 1.54) is 11.8 Å². The van der Waals surface area contributed by atoms with Crippen LogP contribution in [0.2, 0.25) is 0 Å². The van der Waals surface area contributed by atoms with Crippen molar-refractivity contribution in [2.75, 3.05) is 24.6 Å². The fourth-order valence-corrected chi connectivity index (χ4v) is 4.78. The molecule has 3 aromatic heterocycles. The van der Waals surface area contributed by atoms with Gasteiger partial charge in [0.15, 0.2) is 5.16 Å². The van der Waals surface area contributed by atoms with Gasteiger partial charge in [0.2, 0.25) is 17.7 Å². The van der Waals surface area contributed by atoms with Gasteiger partial charge in [0, 0.05) is 13.1 Å². The van der Waals surface area contributed by atoms with Crippen molar-refractivity contribution >= 4 is 17.7 Å². The number of piperidine rings is 1. The molecule has 4 aromatic rings. The molecule has 1 aliphatic heterocycles. The molecule has 0 atom stereocenters. The number of benzene rings is 1. The van der Waals surface area contributed by atoms with Crippen LogP contribution in [0.4, 0.5) is 5.95 Å². The highest BCUT2D eigenvalue weighted by molar-refractivity contribution is 7.98. The summed E-state index contributed by atoms with van der Waals surface area (Å²) < 4.78 is 19.0. The minimum Gasteiger partial charge on any atom is -0.493 e. The van der Waals surface area contributed by atoms with Crippen LogP contribution in [0.25, 0.3) is 11.4 Å². The molecule has 178 valence electrons. The fraction of sp³-hybridized carbons (Fsp3) is 0.417. The zero-order valence-corrected chi connectivity index (χ0v) is 20.2. The van der Waals surface area contributed by atoms with Gasteiger partial charge in [-0.05, 0) is 49.9 Å². The second-order valence-corrected chi connectivity index (χ2v) is 9.29. The Balaban J connectivity index is 1.34. The van der Waals surface area contributed by atoms with Crippen LogP contribution in [-0.4, -0.2) is 44.6 Å². The first-order valence-corrected chi connectivity index (χ1v) is 12.6. The molecule has 0 spiro atoms. The molecule has 0 unspecified atom stereocenters. The predicted molar refractivity (Wildman–Crippen MR) is 129 cm³/mol. The number of para-hydroxylation sites is 1. The van der Waals surface area contributed by atoms with Gasteiger partial charge in [-0.25, -0.2) is 0 Å². The Morgan fingerprint density at radius 2 is 1.97 bits per heavy atom. The quantitative estimate of drug-likeness (QED) is 0.310. The molecule has 1 aliphatic rings. The monoisotopic (exact) mass is 480 g/mol. The molecule has 1 saturated heterocycles. The van der Waals surface area contributed by atoms with Gasteiger partial charge in [-0.1, -0.05) is 36.0 Å². The predicted octanol–water partition coefficient (Wildman–Crippen LogP) is 4.90. The van der Waals surface area contributed by atoms with Gasteiger partial charge in [0.25, 0.3) is 0 Å². The van der Waals surface area contributed by atoms with E-state index < -0.39 is 0 Å². The Morgan fingerprint density at radius 3 is 2.76 bits per heavy atom. The third-order valence-corrected chi connectivity index (χ3v) is 6.83. The Kier molecular flexibility index (Phi) is 6.84. The number of hydrogen-bond acceptors (Lipinski definition) is 9. The van der Waals surface area contributed by atoms with Crippen molar-refractivity contribution in [1.29, 1.82) is 0 Å². The molecule has 1 aromatic carbocycles. The third-order valence-electron chi connectivity index (χ3n) is 5.88. The standard InChI is InChI=1S/C24H28N6O3S/c1-3-31-20-9-5-4-8-19(20)22-25-21(33-28-22)16-34-24-27-26-23(29-12-10-17(2)11-13-29)30(24)15-18-7-6-14-32-18/h4-9,14,17H,3,10-13,15-16H2,1-2H3. The zero-order valence-electron chi connectivity index (χ0n) is 19.4. The van der Waals surface area contributed by atoms with Crippen LogP contribution in [0.5, 0.6) is 5.75 Å². The van der Waals surface area contributed by atoms with E-state index in [0.29, 0.717) is 30.6 Å². The van der Waals surface area contributed by atoms with Gasteiger partial charge in [0.1, 0.15) is 11.5 Å². The second kappa shape index (κ2) is 10.3. The molecule has 4 heterocycles. The van der Waals surface area contributed by atoms with Crippen molar-refractivity contribution in [2.24, 2.45) is 5.92 Å². The molecule has 0 amide bonds. The largest absolute Gasteiger partial charge is 0.493 e. The number of thioether (sulfide) groups is 1. The van der Waals surface area contributed by atoms with E-state index in [0.717, 1.165) is 60.0 Å². The van der Waals surface area contributed by atoms with Gasteiger partial charge in [-0.15, -0.1) is 10.2 Å². The molecular formula is C24H28N6O3S. The summed E-state index contributed by atoms with van der Waals surface area (Å²) in [4.78, 5) is 6.90. The molecule has 9 nitrogen and oxygen atoms in total. The molecule has 34 heavy (non-hydrogen) atoms. The third kappa shape index (κ3) is 4.96. The minimum absolute atomic E-state index is 0.483. The van der Waals surface area contributed by atoms with E-state index >= 15 is 0 Å². The molecule has 0 saturated carbocycles. The van der Waals surface area contributed by atoms with Gasteiger partial charge in [-0.3, -0.25) is 4.57 Å². The number of ether oxygens (including phenoxy) is 1. The van der Waals surface area contributed by atoms with Gasteiger partial charge in [-0.2, -0.15) is 4.98 Å². The normalized spacial score (nSPS) is 14.6. The van der Waals surface area contributed by atoms with Crippen LogP contribution >= 0.6 is 11.8 Å². The van der Waals surface area contributed by atoms with E-state index in [-0.39, 0.29) is 0 Å².